The van der Waals surface area contributed by atoms with Crippen molar-refractivity contribution in [2.45, 2.75) is 19.1 Å². The number of aromatic nitrogens is 1. The molecular formula is C17H21N5O4S. The van der Waals surface area contributed by atoms with E-state index >= 15 is 0 Å². The third-order valence-electron chi connectivity index (χ3n) is 3.68. The van der Waals surface area contributed by atoms with Crippen LogP contribution in [0.1, 0.15) is 28.9 Å². The van der Waals surface area contributed by atoms with Gasteiger partial charge in [-0.3, -0.25) is 14.6 Å². The number of carbonyl (C=O) groups excluding carboxylic acids is 2. The predicted octanol–water partition coefficient (Wildman–Crippen LogP) is 0.427. The highest BCUT2D eigenvalue weighted by Crippen LogP contribution is 2.18. The highest BCUT2D eigenvalue weighted by atomic mass is 32.2. The summed E-state index contributed by atoms with van der Waals surface area (Å²) in [5, 5.41) is 2.70. The summed E-state index contributed by atoms with van der Waals surface area (Å²) in [5.41, 5.74) is 12.8. The summed E-state index contributed by atoms with van der Waals surface area (Å²) < 4.78 is 24.1. The molecule has 0 fully saturated rings. The number of carbonyl (C=O) groups is 2. The van der Waals surface area contributed by atoms with Crippen LogP contribution < -0.4 is 16.8 Å². The van der Waals surface area contributed by atoms with Crippen LogP contribution in [-0.2, 0) is 14.8 Å². The molecule has 2 atom stereocenters. The molecule has 144 valence electrons. The summed E-state index contributed by atoms with van der Waals surface area (Å²) in [5.74, 6) is -1.19. The summed E-state index contributed by atoms with van der Waals surface area (Å²) in [6.07, 6.45) is 2.93. The molecule has 10 heteroatoms. The van der Waals surface area contributed by atoms with Gasteiger partial charge >= 0.3 is 0 Å². The maximum atomic E-state index is 12.4. The predicted molar refractivity (Wildman–Crippen MR) is 101 cm³/mol. The number of benzene rings is 1. The molecule has 9 nitrogen and oxygen atoms in total. The van der Waals surface area contributed by atoms with Crippen molar-refractivity contribution in [1.29, 1.82) is 0 Å². The average Bonchev–Trinajstić information content (AvgIpc) is 2.60. The summed E-state index contributed by atoms with van der Waals surface area (Å²) in [6, 6.07) is 8.04. The number of nitrogens with one attached hydrogen (secondary N) is 1. The Labute approximate surface area is 157 Å². The normalized spacial score (nSPS) is 13.5. The molecule has 2 unspecified atom stereocenters. The van der Waals surface area contributed by atoms with Crippen LogP contribution >= 0.6 is 0 Å². The quantitative estimate of drug-likeness (QED) is 0.604. The Morgan fingerprint density at radius 1 is 1.07 bits per heavy atom. The molecule has 0 aliphatic heterocycles. The van der Waals surface area contributed by atoms with Gasteiger partial charge < -0.3 is 16.8 Å². The Morgan fingerprint density at radius 2 is 1.63 bits per heavy atom. The van der Waals surface area contributed by atoms with Crippen molar-refractivity contribution in [2.75, 3.05) is 11.6 Å². The zero-order valence-corrected chi connectivity index (χ0v) is 15.7. The van der Waals surface area contributed by atoms with Gasteiger partial charge in [0.25, 0.3) is 11.8 Å². The maximum absolute atomic E-state index is 12.4. The second-order valence-electron chi connectivity index (χ2n) is 5.93. The average molecular weight is 391 g/mol. The van der Waals surface area contributed by atoms with Crippen LogP contribution in [0.5, 0.6) is 0 Å². The van der Waals surface area contributed by atoms with Gasteiger partial charge in [-0.15, -0.1) is 0 Å². The third-order valence-corrected chi connectivity index (χ3v) is 4.91. The second-order valence-corrected chi connectivity index (χ2v) is 7.79. The van der Waals surface area contributed by atoms with Crippen LogP contribution in [-0.4, -0.2) is 41.9 Å². The molecule has 1 heterocycles. The fourth-order valence-electron chi connectivity index (χ4n) is 2.43. The van der Waals surface area contributed by atoms with Gasteiger partial charge in [-0.25, -0.2) is 12.7 Å². The smallest absolute Gasteiger partial charge is 0.258 e. The number of sulfonamides is 1. The minimum atomic E-state index is -3.86. The highest BCUT2D eigenvalue weighted by Gasteiger charge is 2.31. The summed E-state index contributed by atoms with van der Waals surface area (Å²) in [7, 11) is -3.86. The van der Waals surface area contributed by atoms with E-state index in [-0.39, 0.29) is 5.91 Å². The summed E-state index contributed by atoms with van der Waals surface area (Å²) in [4.78, 5) is 28.5. The molecule has 1 aromatic heterocycles. The Balaban J connectivity index is 2.16. The Hall–Kier alpha value is -2.82. The molecule has 0 saturated carbocycles. The molecule has 0 radical (unpaired) electrons. The number of rotatable bonds is 6. The van der Waals surface area contributed by atoms with Crippen molar-refractivity contribution >= 4 is 27.5 Å². The third kappa shape index (κ3) is 5.09. The molecular weight excluding hydrogens is 370 g/mol. The van der Waals surface area contributed by atoms with Crippen LogP contribution in [0.4, 0.5) is 5.69 Å². The minimum Gasteiger partial charge on any atom is -0.322 e. The molecule has 0 aliphatic rings. The molecule has 2 rings (SSSR count). The van der Waals surface area contributed by atoms with Crippen LogP contribution in [0, 0.1) is 0 Å². The summed E-state index contributed by atoms with van der Waals surface area (Å²) >= 11 is 0. The van der Waals surface area contributed by atoms with Crippen LogP contribution in [0.2, 0.25) is 0 Å². The lowest BCUT2D eigenvalue weighted by Gasteiger charge is -2.26. The van der Waals surface area contributed by atoms with Gasteiger partial charge in [0.05, 0.1) is 12.4 Å². The van der Waals surface area contributed by atoms with E-state index in [4.69, 9.17) is 11.5 Å². The molecule has 0 spiro atoms. The van der Waals surface area contributed by atoms with E-state index in [1.54, 1.807) is 24.5 Å². The van der Waals surface area contributed by atoms with E-state index in [9.17, 15) is 18.0 Å². The van der Waals surface area contributed by atoms with Crippen molar-refractivity contribution in [3.8, 4) is 0 Å². The lowest BCUT2D eigenvalue weighted by molar-refractivity contribution is -0.129. The van der Waals surface area contributed by atoms with Gasteiger partial charge in [-0.1, -0.05) is 12.1 Å². The first-order valence-electron chi connectivity index (χ1n) is 7.97. The number of nitrogens with two attached hydrogens (primary N) is 2. The van der Waals surface area contributed by atoms with Crippen LogP contribution in [0.25, 0.3) is 0 Å². The zero-order valence-electron chi connectivity index (χ0n) is 14.9. The van der Waals surface area contributed by atoms with Crippen molar-refractivity contribution in [1.82, 2.24) is 9.29 Å². The molecule has 1 aromatic carbocycles. The van der Waals surface area contributed by atoms with E-state index < -0.39 is 28.1 Å². The SMILES string of the molecule is CC(N)N(C(=O)C(N)c1ccc(C(=O)Nc2ccncc2)cc1)S(C)(=O)=O. The number of pyridine rings is 1. The second kappa shape index (κ2) is 8.25. The summed E-state index contributed by atoms with van der Waals surface area (Å²) in [6.45, 7) is 1.37. The molecule has 0 bridgehead atoms. The molecule has 0 aliphatic carbocycles. The Bertz CT molecular complexity index is 914. The zero-order chi connectivity index (χ0) is 20.2. The van der Waals surface area contributed by atoms with E-state index in [0.717, 1.165) is 6.26 Å². The van der Waals surface area contributed by atoms with Crippen molar-refractivity contribution in [3.63, 3.8) is 0 Å². The number of nitrogens with zero attached hydrogens (tertiary/aromatic N) is 2. The fourth-order valence-corrected chi connectivity index (χ4v) is 3.47. The van der Waals surface area contributed by atoms with Gasteiger partial charge in [0.2, 0.25) is 10.0 Å². The van der Waals surface area contributed by atoms with E-state index in [0.29, 0.717) is 21.1 Å². The van der Waals surface area contributed by atoms with Gasteiger partial charge in [0.1, 0.15) is 6.04 Å². The molecule has 27 heavy (non-hydrogen) atoms. The molecule has 5 N–H and O–H groups in total. The fraction of sp³-hybridized carbons (Fsp3) is 0.235. The molecule has 2 amide bonds. The van der Waals surface area contributed by atoms with Gasteiger partial charge in [-0.05, 0) is 36.8 Å². The van der Waals surface area contributed by atoms with Gasteiger partial charge in [-0.2, -0.15) is 0 Å². The first-order chi connectivity index (χ1) is 12.6. The largest absolute Gasteiger partial charge is 0.322 e. The lowest BCUT2D eigenvalue weighted by atomic mass is 10.0. The maximum Gasteiger partial charge on any atom is 0.258 e. The minimum absolute atomic E-state index is 0.346. The number of amides is 2. The monoisotopic (exact) mass is 391 g/mol. The standard InChI is InChI=1S/C17H21N5O4S/c1-11(18)22(27(2,25)26)17(24)15(19)12-3-5-13(6-4-12)16(23)21-14-7-9-20-10-8-14/h3-11,15H,18-19H2,1-2H3,(H,20,21,23). The van der Waals surface area contributed by atoms with Crippen molar-refractivity contribution in [3.05, 3.63) is 59.9 Å². The topological polar surface area (TPSA) is 148 Å². The number of hydrogen-bond acceptors (Lipinski definition) is 7. The highest BCUT2D eigenvalue weighted by molar-refractivity contribution is 7.88. The Kier molecular flexibility index (Phi) is 6.26. The Morgan fingerprint density at radius 3 is 2.11 bits per heavy atom. The number of anilines is 1. The van der Waals surface area contributed by atoms with E-state index in [2.05, 4.69) is 10.3 Å². The van der Waals surface area contributed by atoms with Gasteiger partial charge in [0, 0.05) is 23.6 Å². The molecule has 2 aromatic rings. The first kappa shape index (κ1) is 20.5. The first-order valence-corrected chi connectivity index (χ1v) is 9.82. The van der Waals surface area contributed by atoms with Crippen LogP contribution in [0.3, 0.4) is 0 Å². The van der Waals surface area contributed by atoms with Crippen molar-refractivity contribution in [2.24, 2.45) is 11.5 Å². The van der Waals surface area contributed by atoms with Crippen LogP contribution in [0.15, 0.2) is 48.8 Å². The van der Waals surface area contributed by atoms with Gasteiger partial charge in [0.15, 0.2) is 0 Å². The molecule has 0 saturated heterocycles. The van der Waals surface area contributed by atoms with E-state index in [1.165, 1.54) is 31.2 Å². The van der Waals surface area contributed by atoms with E-state index in [1.807, 2.05) is 0 Å². The van der Waals surface area contributed by atoms with Crippen molar-refractivity contribution < 1.29 is 18.0 Å². The number of hydrogen-bond donors (Lipinski definition) is 3. The lowest BCUT2D eigenvalue weighted by Crippen LogP contribution is -2.50.